The first-order valence-electron chi connectivity index (χ1n) is 8.66. The van der Waals surface area contributed by atoms with Crippen LogP contribution in [-0.4, -0.2) is 41.7 Å². The molecule has 0 aliphatic heterocycles. The molecule has 0 spiro atoms. The third-order valence-electron chi connectivity index (χ3n) is 4.90. The molecule has 1 fully saturated rings. The van der Waals surface area contributed by atoms with Crippen molar-refractivity contribution >= 4 is 28.2 Å². The van der Waals surface area contributed by atoms with Crippen molar-refractivity contribution in [2.75, 3.05) is 26.0 Å². The molecule has 24 heavy (non-hydrogen) atoms. The Hall–Kier alpha value is -1.36. The lowest BCUT2D eigenvalue weighted by Gasteiger charge is -2.32. The van der Waals surface area contributed by atoms with Gasteiger partial charge in [-0.25, -0.2) is 0 Å². The molecule has 1 heterocycles. The van der Waals surface area contributed by atoms with Crippen LogP contribution < -0.4 is 5.32 Å². The number of aromatic nitrogens is 1. The molecule has 0 radical (unpaired) electrons. The summed E-state index contributed by atoms with van der Waals surface area (Å²) in [5.41, 5.74) is 2.72. The molecule has 130 valence electrons. The largest absolute Gasteiger partial charge is 0.392 e. The van der Waals surface area contributed by atoms with Crippen LogP contribution in [-0.2, 0) is 6.61 Å². The van der Waals surface area contributed by atoms with Gasteiger partial charge in [-0.05, 0) is 63.9 Å². The van der Waals surface area contributed by atoms with E-state index in [9.17, 15) is 5.11 Å². The van der Waals surface area contributed by atoms with E-state index in [0.717, 1.165) is 40.9 Å². The average Bonchev–Trinajstić information content (AvgIpc) is 2.56. The number of fused-ring (bicyclic) bond motifs is 1. The molecule has 0 saturated heterocycles. The van der Waals surface area contributed by atoms with E-state index in [-0.39, 0.29) is 6.61 Å². The van der Waals surface area contributed by atoms with E-state index in [1.165, 1.54) is 19.4 Å². The average molecular weight is 348 g/mol. The van der Waals surface area contributed by atoms with E-state index in [2.05, 4.69) is 29.3 Å². The number of nitrogens with zero attached hydrogens (tertiary/aromatic N) is 2. The maximum atomic E-state index is 9.70. The summed E-state index contributed by atoms with van der Waals surface area (Å²) in [4.78, 5) is 6.71. The van der Waals surface area contributed by atoms with Crippen molar-refractivity contribution in [1.29, 1.82) is 0 Å². The predicted molar refractivity (Wildman–Crippen MR) is 101 cm³/mol. The van der Waals surface area contributed by atoms with Crippen molar-refractivity contribution in [3.05, 3.63) is 35.0 Å². The number of hydrogen-bond donors (Lipinski definition) is 2. The fourth-order valence-electron chi connectivity index (χ4n) is 3.71. The Morgan fingerprint density at radius 2 is 2.00 bits per heavy atom. The lowest BCUT2D eigenvalue weighted by atomic mass is 9.85. The van der Waals surface area contributed by atoms with Gasteiger partial charge in [0.05, 0.1) is 17.8 Å². The van der Waals surface area contributed by atoms with Crippen LogP contribution in [0.2, 0.25) is 5.02 Å². The van der Waals surface area contributed by atoms with E-state index >= 15 is 0 Å². The van der Waals surface area contributed by atoms with Gasteiger partial charge < -0.3 is 15.3 Å². The van der Waals surface area contributed by atoms with Gasteiger partial charge in [0, 0.05) is 34.8 Å². The second kappa shape index (κ2) is 7.68. The number of rotatable bonds is 5. The second-order valence-electron chi connectivity index (χ2n) is 7.10. The van der Waals surface area contributed by atoms with Crippen LogP contribution in [0, 0.1) is 5.92 Å². The molecule has 1 aliphatic rings. The van der Waals surface area contributed by atoms with Crippen LogP contribution in [0.5, 0.6) is 0 Å². The quantitative estimate of drug-likeness (QED) is 0.860. The van der Waals surface area contributed by atoms with Crippen molar-refractivity contribution < 1.29 is 5.11 Å². The number of nitrogens with one attached hydrogen (secondary N) is 1. The second-order valence-corrected chi connectivity index (χ2v) is 7.54. The van der Waals surface area contributed by atoms with Crippen LogP contribution in [0.1, 0.15) is 31.2 Å². The van der Waals surface area contributed by atoms with Gasteiger partial charge in [0.25, 0.3) is 0 Å². The summed E-state index contributed by atoms with van der Waals surface area (Å²) in [6, 6.07) is 6.16. The van der Waals surface area contributed by atoms with Crippen molar-refractivity contribution in [1.82, 2.24) is 9.88 Å². The molecule has 1 aliphatic carbocycles. The zero-order valence-electron chi connectivity index (χ0n) is 14.4. The molecule has 5 heteroatoms. The third kappa shape index (κ3) is 4.00. The lowest BCUT2D eigenvalue weighted by Crippen LogP contribution is -2.31. The number of aliphatic hydroxyl groups is 1. The summed E-state index contributed by atoms with van der Waals surface area (Å²) in [6.45, 7) is 1.15. The highest BCUT2D eigenvalue weighted by atomic mass is 35.5. The summed E-state index contributed by atoms with van der Waals surface area (Å²) < 4.78 is 0. The number of halogens is 1. The normalized spacial score (nSPS) is 21.4. The number of hydrogen-bond acceptors (Lipinski definition) is 4. The number of pyridine rings is 1. The zero-order valence-corrected chi connectivity index (χ0v) is 15.2. The van der Waals surface area contributed by atoms with Crippen LogP contribution in [0.4, 0.5) is 5.69 Å². The summed E-state index contributed by atoms with van der Waals surface area (Å²) in [5.74, 6) is 0.791. The van der Waals surface area contributed by atoms with Gasteiger partial charge in [0.1, 0.15) is 0 Å². The number of anilines is 1. The SMILES string of the molecule is CN(C)CC1CCC(Nc2c(CO)cnc3ccc(Cl)cc23)CC1. The van der Waals surface area contributed by atoms with E-state index in [1.807, 2.05) is 18.2 Å². The number of benzene rings is 1. The highest BCUT2D eigenvalue weighted by Gasteiger charge is 2.22. The molecule has 0 bridgehead atoms. The molecule has 1 aromatic heterocycles. The topological polar surface area (TPSA) is 48.4 Å². The molecule has 0 amide bonds. The molecule has 0 atom stereocenters. The minimum Gasteiger partial charge on any atom is -0.392 e. The Balaban J connectivity index is 1.78. The lowest BCUT2D eigenvalue weighted by molar-refractivity contribution is 0.255. The molecular formula is C19H26ClN3O. The Bertz CT molecular complexity index is 696. The highest BCUT2D eigenvalue weighted by Crippen LogP contribution is 2.32. The van der Waals surface area contributed by atoms with Gasteiger partial charge in [0.15, 0.2) is 0 Å². The van der Waals surface area contributed by atoms with E-state index in [4.69, 9.17) is 11.6 Å². The first kappa shape index (κ1) is 17.5. The number of aliphatic hydroxyl groups excluding tert-OH is 1. The first-order valence-corrected chi connectivity index (χ1v) is 9.04. The summed E-state index contributed by atoms with van der Waals surface area (Å²) >= 11 is 6.17. The van der Waals surface area contributed by atoms with Gasteiger partial charge >= 0.3 is 0 Å². The summed E-state index contributed by atoms with van der Waals surface area (Å²) in [5, 5.41) is 15.1. The molecule has 1 aromatic carbocycles. The van der Waals surface area contributed by atoms with Gasteiger partial charge in [-0.3, -0.25) is 4.98 Å². The predicted octanol–water partition coefficient (Wildman–Crippen LogP) is 3.91. The van der Waals surface area contributed by atoms with Gasteiger partial charge in [-0.15, -0.1) is 0 Å². The van der Waals surface area contributed by atoms with Gasteiger partial charge in [0.2, 0.25) is 0 Å². The van der Waals surface area contributed by atoms with Crippen LogP contribution in [0.3, 0.4) is 0 Å². The Labute approximate surface area is 148 Å². The Morgan fingerprint density at radius 3 is 2.67 bits per heavy atom. The Kier molecular flexibility index (Phi) is 5.59. The fraction of sp³-hybridized carbons (Fsp3) is 0.526. The molecular weight excluding hydrogens is 322 g/mol. The molecule has 4 nitrogen and oxygen atoms in total. The van der Waals surface area contributed by atoms with Crippen LogP contribution in [0.25, 0.3) is 10.9 Å². The van der Waals surface area contributed by atoms with E-state index in [0.29, 0.717) is 11.1 Å². The first-order chi connectivity index (χ1) is 11.6. The standard InChI is InChI=1S/C19H26ClN3O/c1-23(2)11-13-3-6-16(7-4-13)22-19-14(12-24)10-21-18-8-5-15(20)9-17(18)19/h5,8-10,13,16,24H,3-4,6-7,11-12H2,1-2H3,(H,21,22). The molecule has 3 rings (SSSR count). The zero-order chi connectivity index (χ0) is 17.1. The van der Waals surface area contributed by atoms with Crippen molar-refractivity contribution in [2.45, 2.75) is 38.3 Å². The summed E-state index contributed by atoms with van der Waals surface area (Å²) in [6.07, 6.45) is 6.57. The van der Waals surface area contributed by atoms with E-state index in [1.54, 1.807) is 6.20 Å². The smallest absolute Gasteiger partial charge is 0.0724 e. The minimum absolute atomic E-state index is 0.0201. The third-order valence-corrected chi connectivity index (χ3v) is 5.13. The summed E-state index contributed by atoms with van der Waals surface area (Å²) in [7, 11) is 4.29. The van der Waals surface area contributed by atoms with Crippen molar-refractivity contribution in [3.63, 3.8) is 0 Å². The van der Waals surface area contributed by atoms with Crippen molar-refractivity contribution in [2.24, 2.45) is 5.92 Å². The monoisotopic (exact) mass is 347 g/mol. The molecule has 2 N–H and O–H groups in total. The maximum absolute atomic E-state index is 9.70. The van der Waals surface area contributed by atoms with Crippen LogP contribution in [0.15, 0.2) is 24.4 Å². The maximum Gasteiger partial charge on any atom is 0.0724 e. The van der Waals surface area contributed by atoms with Crippen LogP contribution >= 0.6 is 11.6 Å². The minimum atomic E-state index is -0.0201. The molecule has 0 unspecified atom stereocenters. The van der Waals surface area contributed by atoms with Crippen molar-refractivity contribution in [3.8, 4) is 0 Å². The Morgan fingerprint density at radius 1 is 1.25 bits per heavy atom. The van der Waals surface area contributed by atoms with Gasteiger partial charge in [-0.1, -0.05) is 11.6 Å². The molecule has 2 aromatic rings. The van der Waals surface area contributed by atoms with Gasteiger partial charge in [-0.2, -0.15) is 0 Å². The molecule has 1 saturated carbocycles. The highest BCUT2D eigenvalue weighted by molar-refractivity contribution is 6.31. The van der Waals surface area contributed by atoms with E-state index < -0.39 is 0 Å². The fourth-order valence-corrected chi connectivity index (χ4v) is 3.88.